The maximum absolute atomic E-state index is 10.9. The van der Waals surface area contributed by atoms with Crippen molar-refractivity contribution in [1.82, 2.24) is 4.57 Å². The van der Waals surface area contributed by atoms with Gasteiger partial charge >= 0.3 is 5.97 Å². The quantitative estimate of drug-likeness (QED) is 0.468. The lowest BCUT2D eigenvalue weighted by atomic mass is 10.5. The van der Waals surface area contributed by atoms with Gasteiger partial charge in [0.15, 0.2) is 0 Å². The molecule has 0 aliphatic heterocycles. The standard InChI is InChI=1S/C8H9NO2/c1-7(8(10)11-2)9-5-3-4-6-9/h3-6H,1H2,2H3. The Morgan fingerprint density at radius 1 is 1.45 bits per heavy atom. The Kier molecular flexibility index (Phi) is 2.11. The number of rotatable bonds is 2. The average Bonchev–Trinajstić information content (AvgIpc) is 2.53. The molecule has 0 saturated carbocycles. The molecule has 1 aromatic rings. The molecule has 3 nitrogen and oxygen atoms in total. The van der Waals surface area contributed by atoms with Crippen molar-refractivity contribution in [2.24, 2.45) is 0 Å². The van der Waals surface area contributed by atoms with E-state index < -0.39 is 5.97 Å². The fraction of sp³-hybridized carbons (Fsp3) is 0.125. The van der Waals surface area contributed by atoms with Crippen LogP contribution in [0.25, 0.3) is 5.70 Å². The van der Waals surface area contributed by atoms with Crippen LogP contribution in [-0.4, -0.2) is 17.6 Å². The number of ether oxygens (including phenoxy) is 1. The van der Waals surface area contributed by atoms with E-state index in [0.29, 0.717) is 5.70 Å². The van der Waals surface area contributed by atoms with Crippen LogP contribution in [0.4, 0.5) is 0 Å². The second kappa shape index (κ2) is 3.05. The third-order valence-corrected chi connectivity index (χ3v) is 1.34. The lowest BCUT2D eigenvalue weighted by molar-refractivity contribution is -0.134. The monoisotopic (exact) mass is 151 g/mol. The Morgan fingerprint density at radius 3 is 2.45 bits per heavy atom. The summed E-state index contributed by atoms with van der Waals surface area (Å²) in [6.45, 7) is 3.56. The second-order valence-corrected chi connectivity index (χ2v) is 2.03. The molecule has 1 aromatic heterocycles. The third-order valence-electron chi connectivity index (χ3n) is 1.34. The summed E-state index contributed by atoms with van der Waals surface area (Å²) in [6.07, 6.45) is 3.47. The Balaban J connectivity index is 2.79. The molecule has 0 aliphatic rings. The fourth-order valence-corrected chi connectivity index (χ4v) is 0.738. The van der Waals surface area contributed by atoms with Crippen molar-refractivity contribution < 1.29 is 9.53 Å². The maximum atomic E-state index is 10.9. The van der Waals surface area contributed by atoms with Gasteiger partial charge in [0.05, 0.1) is 7.11 Å². The summed E-state index contributed by atoms with van der Waals surface area (Å²) in [5.41, 5.74) is 0.317. The molecule has 0 aromatic carbocycles. The van der Waals surface area contributed by atoms with Crippen LogP contribution in [0, 0.1) is 0 Å². The van der Waals surface area contributed by atoms with Gasteiger partial charge in [-0.25, -0.2) is 4.79 Å². The van der Waals surface area contributed by atoms with Gasteiger partial charge < -0.3 is 9.30 Å². The van der Waals surface area contributed by atoms with Crippen molar-refractivity contribution in [2.75, 3.05) is 7.11 Å². The highest BCUT2D eigenvalue weighted by Crippen LogP contribution is 2.02. The molecule has 0 fully saturated rings. The number of methoxy groups -OCH3 is 1. The summed E-state index contributed by atoms with van der Waals surface area (Å²) in [5.74, 6) is -0.416. The number of esters is 1. The molecule has 58 valence electrons. The highest BCUT2D eigenvalue weighted by atomic mass is 16.5. The Hall–Kier alpha value is -1.51. The van der Waals surface area contributed by atoms with Crippen molar-refractivity contribution in [2.45, 2.75) is 0 Å². The molecule has 0 atom stereocenters. The van der Waals surface area contributed by atoms with Gasteiger partial charge in [-0.05, 0) is 12.1 Å². The van der Waals surface area contributed by atoms with Gasteiger partial charge in [-0.1, -0.05) is 6.58 Å². The van der Waals surface area contributed by atoms with Crippen molar-refractivity contribution >= 4 is 11.7 Å². The zero-order valence-electron chi connectivity index (χ0n) is 6.28. The van der Waals surface area contributed by atoms with Crippen molar-refractivity contribution in [3.05, 3.63) is 31.1 Å². The first-order valence-electron chi connectivity index (χ1n) is 3.16. The van der Waals surface area contributed by atoms with E-state index in [1.807, 2.05) is 12.1 Å². The first kappa shape index (κ1) is 7.60. The van der Waals surface area contributed by atoms with Gasteiger partial charge in [0.25, 0.3) is 0 Å². The lowest BCUT2D eigenvalue weighted by Gasteiger charge is -2.02. The van der Waals surface area contributed by atoms with Crippen molar-refractivity contribution in [3.8, 4) is 0 Å². The van der Waals surface area contributed by atoms with E-state index in [-0.39, 0.29) is 0 Å². The largest absolute Gasteiger partial charge is 0.464 e. The van der Waals surface area contributed by atoms with Crippen LogP contribution in [0.3, 0.4) is 0 Å². The Bertz CT molecular complexity index is 262. The molecular formula is C8H9NO2. The molecule has 3 heteroatoms. The first-order chi connectivity index (χ1) is 5.25. The summed E-state index contributed by atoms with van der Waals surface area (Å²) in [7, 11) is 1.33. The lowest BCUT2D eigenvalue weighted by Crippen LogP contribution is -2.07. The highest BCUT2D eigenvalue weighted by Gasteiger charge is 2.06. The van der Waals surface area contributed by atoms with E-state index in [2.05, 4.69) is 11.3 Å². The number of aromatic nitrogens is 1. The summed E-state index contributed by atoms with van der Waals surface area (Å²) >= 11 is 0. The van der Waals surface area contributed by atoms with Crippen LogP contribution in [0.5, 0.6) is 0 Å². The molecule has 0 radical (unpaired) electrons. The summed E-state index contributed by atoms with van der Waals surface area (Å²) in [6, 6.07) is 3.63. The van der Waals surface area contributed by atoms with Gasteiger partial charge in [0.1, 0.15) is 5.70 Å². The summed E-state index contributed by atoms with van der Waals surface area (Å²) in [5, 5.41) is 0. The number of carbonyl (C=O) groups excluding carboxylic acids is 1. The molecule has 0 unspecified atom stereocenters. The minimum Gasteiger partial charge on any atom is -0.464 e. The highest BCUT2D eigenvalue weighted by molar-refractivity contribution is 6.08. The Labute approximate surface area is 64.9 Å². The minimum atomic E-state index is -0.416. The van der Waals surface area contributed by atoms with Gasteiger partial charge in [-0.2, -0.15) is 0 Å². The van der Waals surface area contributed by atoms with E-state index in [9.17, 15) is 4.79 Å². The number of carbonyl (C=O) groups is 1. The molecule has 11 heavy (non-hydrogen) atoms. The maximum Gasteiger partial charge on any atom is 0.354 e. The Morgan fingerprint density at radius 2 is 2.00 bits per heavy atom. The van der Waals surface area contributed by atoms with Crippen molar-refractivity contribution in [1.29, 1.82) is 0 Å². The van der Waals surface area contributed by atoms with Crippen LogP contribution in [0.15, 0.2) is 31.1 Å². The van der Waals surface area contributed by atoms with Crippen LogP contribution in [-0.2, 0) is 9.53 Å². The molecule has 0 aliphatic carbocycles. The van der Waals surface area contributed by atoms with Gasteiger partial charge in [-0.15, -0.1) is 0 Å². The van der Waals surface area contributed by atoms with E-state index in [1.54, 1.807) is 17.0 Å². The third kappa shape index (κ3) is 1.49. The second-order valence-electron chi connectivity index (χ2n) is 2.03. The smallest absolute Gasteiger partial charge is 0.354 e. The normalized spacial score (nSPS) is 9.18. The van der Waals surface area contributed by atoms with Crippen molar-refractivity contribution in [3.63, 3.8) is 0 Å². The number of nitrogens with zero attached hydrogens (tertiary/aromatic N) is 1. The minimum absolute atomic E-state index is 0.317. The van der Waals surface area contributed by atoms with Crippen LogP contribution >= 0.6 is 0 Å². The summed E-state index contributed by atoms with van der Waals surface area (Å²) < 4.78 is 6.08. The molecule has 0 saturated heterocycles. The molecule has 0 spiro atoms. The number of hydrogen-bond donors (Lipinski definition) is 0. The average molecular weight is 151 g/mol. The molecule has 0 bridgehead atoms. The predicted octanol–water partition coefficient (Wildman–Crippen LogP) is 1.13. The topological polar surface area (TPSA) is 31.2 Å². The van der Waals surface area contributed by atoms with Gasteiger partial charge in [0.2, 0.25) is 0 Å². The fourth-order valence-electron chi connectivity index (χ4n) is 0.738. The van der Waals surface area contributed by atoms with E-state index >= 15 is 0 Å². The zero-order chi connectivity index (χ0) is 8.27. The SMILES string of the molecule is C=C(C(=O)OC)n1cccc1. The molecular weight excluding hydrogens is 142 g/mol. The van der Waals surface area contributed by atoms with Gasteiger partial charge in [0, 0.05) is 12.4 Å². The van der Waals surface area contributed by atoms with Gasteiger partial charge in [-0.3, -0.25) is 0 Å². The van der Waals surface area contributed by atoms with E-state index in [4.69, 9.17) is 0 Å². The number of hydrogen-bond acceptors (Lipinski definition) is 2. The van der Waals surface area contributed by atoms with E-state index in [1.165, 1.54) is 7.11 Å². The zero-order valence-corrected chi connectivity index (χ0v) is 6.28. The molecule has 0 N–H and O–H groups in total. The predicted molar refractivity (Wildman–Crippen MR) is 41.8 cm³/mol. The van der Waals surface area contributed by atoms with Crippen LogP contribution < -0.4 is 0 Å². The van der Waals surface area contributed by atoms with Crippen LogP contribution in [0.1, 0.15) is 0 Å². The van der Waals surface area contributed by atoms with Crippen LogP contribution in [0.2, 0.25) is 0 Å². The van der Waals surface area contributed by atoms with E-state index in [0.717, 1.165) is 0 Å². The summed E-state index contributed by atoms with van der Waals surface area (Å²) in [4.78, 5) is 10.9. The molecule has 0 amide bonds. The molecule has 1 rings (SSSR count). The first-order valence-corrected chi connectivity index (χ1v) is 3.16. The molecule has 1 heterocycles.